The maximum absolute atomic E-state index is 11.9. The molecule has 2 nitrogen and oxygen atoms in total. The van der Waals surface area contributed by atoms with E-state index in [1.165, 1.54) is 6.42 Å². The van der Waals surface area contributed by atoms with E-state index in [1.54, 1.807) is 6.20 Å². The molecule has 3 rings (SSSR count). The summed E-state index contributed by atoms with van der Waals surface area (Å²) in [6.07, 6.45) is 7.77. The third-order valence-corrected chi connectivity index (χ3v) is 3.84. The van der Waals surface area contributed by atoms with Gasteiger partial charge in [0.2, 0.25) is 0 Å². The first-order valence-corrected chi connectivity index (χ1v) is 5.25. The minimum absolute atomic E-state index is 0.140. The van der Waals surface area contributed by atoms with Crippen molar-refractivity contribution in [1.82, 2.24) is 4.98 Å². The monoisotopic (exact) mass is 187 g/mol. The molecule has 0 radical (unpaired) electrons. The van der Waals surface area contributed by atoms with Crippen LogP contribution in [0.3, 0.4) is 0 Å². The summed E-state index contributed by atoms with van der Waals surface area (Å²) >= 11 is 0. The predicted octanol–water partition coefficient (Wildman–Crippen LogP) is 2.09. The predicted molar refractivity (Wildman–Crippen MR) is 52.9 cm³/mol. The van der Waals surface area contributed by atoms with Gasteiger partial charge < -0.3 is 0 Å². The van der Waals surface area contributed by atoms with Crippen molar-refractivity contribution in [3.63, 3.8) is 0 Å². The van der Waals surface area contributed by atoms with Crippen LogP contribution >= 0.6 is 0 Å². The molecule has 14 heavy (non-hydrogen) atoms. The molecule has 0 spiro atoms. The number of pyridine rings is 1. The second-order valence-electron chi connectivity index (χ2n) is 4.56. The average molecular weight is 187 g/mol. The Labute approximate surface area is 83.4 Å². The molecule has 2 aliphatic rings. The molecule has 2 fully saturated rings. The normalized spacial score (nSPS) is 35.1. The minimum Gasteiger partial charge on any atom is -0.299 e. The van der Waals surface area contributed by atoms with E-state index in [0.717, 1.165) is 24.8 Å². The van der Waals surface area contributed by atoms with Crippen LogP contribution < -0.4 is 0 Å². The lowest BCUT2D eigenvalue weighted by Gasteiger charge is -2.24. The summed E-state index contributed by atoms with van der Waals surface area (Å²) in [6.45, 7) is 0. The first kappa shape index (κ1) is 8.16. The molecule has 0 aliphatic heterocycles. The van der Waals surface area contributed by atoms with Crippen molar-refractivity contribution in [2.45, 2.75) is 31.1 Å². The van der Waals surface area contributed by atoms with Crippen molar-refractivity contribution in [3.8, 4) is 0 Å². The van der Waals surface area contributed by atoms with Crippen molar-refractivity contribution >= 4 is 5.78 Å². The second kappa shape index (κ2) is 2.66. The van der Waals surface area contributed by atoms with Gasteiger partial charge in [-0.3, -0.25) is 9.78 Å². The summed E-state index contributed by atoms with van der Waals surface area (Å²) in [5.41, 5.74) is 1.00. The van der Waals surface area contributed by atoms with Crippen LogP contribution in [0.25, 0.3) is 0 Å². The zero-order chi connectivity index (χ0) is 9.60. The molecule has 2 atom stereocenters. The molecule has 2 heteroatoms. The molecule has 0 amide bonds. The Balaban J connectivity index is 2.08. The summed E-state index contributed by atoms with van der Waals surface area (Å²) in [5, 5.41) is 0. The van der Waals surface area contributed by atoms with E-state index in [2.05, 4.69) is 11.1 Å². The highest BCUT2D eigenvalue weighted by Gasteiger charge is 2.52. The van der Waals surface area contributed by atoms with E-state index in [0.29, 0.717) is 11.7 Å². The SMILES string of the molecule is O=C1CC2CCC1(c1cccnc1)C2. The molecule has 2 aliphatic carbocycles. The van der Waals surface area contributed by atoms with Crippen LogP contribution in [0.4, 0.5) is 0 Å². The first-order valence-electron chi connectivity index (χ1n) is 5.25. The number of fused-ring (bicyclic) bond motifs is 2. The smallest absolute Gasteiger partial charge is 0.143 e. The van der Waals surface area contributed by atoms with E-state index in [4.69, 9.17) is 0 Å². The van der Waals surface area contributed by atoms with Crippen LogP contribution in [0, 0.1) is 5.92 Å². The number of Topliss-reactive ketones (excluding diaryl/α,β-unsaturated/α-hetero) is 1. The highest BCUT2D eigenvalue weighted by Crippen LogP contribution is 2.52. The van der Waals surface area contributed by atoms with Gasteiger partial charge in [0.1, 0.15) is 5.78 Å². The molecule has 2 unspecified atom stereocenters. The highest BCUT2D eigenvalue weighted by atomic mass is 16.1. The van der Waals surface area contributed by atoms with E-state index in [1.807, 2.05) is 12.3 Å². The third kappa shape index (κ3) is 0.912. The molecule has 1 aromatic heterocycles. The lowest BCUT2D eigenvalue weighted by Crippen LogP contribution is -2.30. The quantitative estimate of drug-likeness (QED) is 0.673. The first-order chi connectivity index (χ1) is 6.81. The zero-order valence-electron chi connectivity index (χ0n) is 8.07. The number of hydrogen-bond donors (Lipinski definition) is 0. The Morgan fingerprint density at radius 3 is 3.00 bits per heavy atom. The number of ketones is 1. The maximum Gasteiger partial charge on any atom is 0.143 e. The fourth-order valence-corrected chi connectivity index (χ4v) is 3.10. The molecular formula is C12H13NO. The van der Waals surface area contributed by atoms with Crippen LogP contribution in [0.2, 0.25) is 0 Å². The van der Waals surface area contributed by atoms with Gasteiger partial charge in [-0.25, -0.2) is 0 Å². The van der Waals surface area contributed by atoms with E-state index >= 15 is 0 Å². The molecular weight excluding hydrogens is 174 g/mol. The molecule has 0 N–H and O–H groups in total. The van der Waals surface area contributed by atoms with Gasteiger partial charge >= 0.3 is 0 Å². The summed E-state index contributed by atoms with van der Waals surface area (Å²) in [4.78, 5) is 16.1. The van der Waals surface area contributed by atoms with Gasteiger partial charge in [0.25, 0.3) is 0 Å². The molecule has 2 saturated carbocycles. The number of carbonyl (C=O) groups excluding carboxylic acids is 1. The van der Waals surface area contributed by atoms with Gasteiger partial charge in [0.05, 0.1) is 5.41 Å². The highest BCUT2D eigenvalue weighted by molar-refractivity contribution is 5.93. The largest absolute Gasteiger partial charge is 0.299 e. The second-order valence-corrected chi connectivity index (χ2v) is 4.56. The van der Waals surface area contributed by atoms with Gasteiger partial charge in [0.15, 0.2) is 0 Å². The number of rotatable bonds is 1. The van der Waals surface area contributed by atoms with Gasteiger partial charge in [0, 0.05) is 18.8 Å². The van der Waals surface area contributed by atoms with Crippen molar-refractivity contribution in [3.05, 3.63) is 30.1 Å². The van der Waals surface area contributed by atoms with Crippen molar-refractivity contribution in [1.29, 1.82) is 0 Å². The lowest BCUT2D eigenvalue weighted by molar-refractivity contribution is -0.123. The Bertz CT molecular complexity index is 373. The fraction of sp³-hybridized carbons (Fsp3) is 0.500. The van der Waals surface area contributed by atoms with Gasteiger partial charge in [-0.2, -0.15) is 0 Å². The fourth-order valence-electron chi connectivity index (χ4n) is 3.10. The number of hydrogen-bond acceptors (Lipinski definition) is 2. The van der Waals surface area contributed by atoms with E-state index in [9.17, 15) is 4.79 Å². The maximum atomic E-state index is 11.9. The standard InChI is InChI=1S/C12H13NO/c14-11-6-9-3-4-12(11,7-9)10-2-1-5-13-8-10/h1-2,5,8-9H,3-4,6-7H2. The molecule has 0 saturated heterocycles. The Morgan fingerprint density at radius 2 is 2.43 bits per heavy atom. The third-order valence-electron chi connectivity index (χ3n) is 3.84. The number of nitrogens with zero attached hydrogens (tertiary/aromatic N) is 1. The summed E-state index contributed by atoms with van der Waals surface area (Å²) in [5.74, 6) is 1.10. The topological polar surface area (TPSA) is 30.0 Å². The molecule has 0 aromatic carbocycles. The average Bonchev–Trinajstić information content (AvgIpc) is 2.77. The Hall–Kier alpha value is -1.18. The van der Waals surface area contributed by atoms with Crippen LogP contribution in [0.1, 0.15) is 31.2 Å². The van der Waals surface area contributed by atoms with Crippen LogP contribution in [0.5, 0.6) is 0 Å². The van der Waals surface area contributed by atoms with Gasteiger partial charge in [-0.1, -0.05) is 6.07 Å². The Morgan fingerprint density at radius 1 is 1.50 bits per heavy atom. The van der Waals surface area contributed by atoms with Crippen LogP contribution in [0.15, 0.2) is 24.5 Å². The summed E-state index contributed by atoms with van der Waals surface area (Å²) in [6, 6.07) is 3.99. The van der Waals surface area contributed by atoms with Crippen LogP contribution in [-0.2, 0) is 10.2 Å². The Kier molecular flexibility index (Phi) is 1.55. The van der Waals surface area contributed by atoms with Gasteiger partial charge in [-0.15, -0.1) is 0 Å². The number of carbonyl (C=O) groups is 1. The molecule has 72 valence electrons. The van der Waals surface area contributed by atoms with Gasteiger partial charge in [-0.05, 0) is 36.8 Å². The molecule has 2 bridgehead atoms. The van der Waals surface area contributed by atoms with Crippen molar-refractivity contribution < 1.29 is 4.79 Å². The molecule has 1 heterocycles. The zero-order valence-corrected chi connectivity index (χ0v) is 8.07. The van der Waals surface area contributed by atoms with Crippen molar-refractivity contribution in [2.75, 3.05) is 0 Å². The van der Waals surface area contributed by atoms with Crippen LogP contribution in [-0.4, -0.2) is 10.8 Å². The van der Waals surface area contributed by atoms with E-state index < -0.39 is 0 Å². The number of aromatic nitrogens is 1. The summed E-state index contributed by atoms with van der Waals surface area (Å²) < 4.78 is 0. The molecule has 1 aromatic rings. The van der Waals surface area contributed by atoms with Crippen molar-refractivity contribution in [2.24, 2.45) is 5.92 Å². The lowest BCUT2D eigenvalue weighted by atomic mass is 9.77. The van der Waals surface area contributed by atoms with E-state index in [-0.39, 0.29) is 5.41 Å². The minimum atomic E-state index is -0.140. The summed E-state index contributed by atoms with van der Waals surface area (Å²) in [7, 11) is 0.